The average molecular weight is 537 g/mol. The van der Waals surface area contributed by atoms with Gasteiger partial charge in [0.1, 0.15) is 17.7 Å². The van der Waals surface area contributed by atoms with Crippen LogP contribution in [0, 0.1) is 29.5 Å². The van der Waals surface area contributed by atoms with Crippen molar-refractivity contribution in [1.29, 1.82) is 0 Å². The van der Waals surface area contributed by atoms with E-state index in [0.717, 1.165) is 6.07 Å². The number of benzene rings is 1. The number of hydrogen-bond donors (Lipinski definition) is 6. The molecule has 2 bridgehead atoms. The maximum absolute atomic E-state index is 15.3. The summed E-state index contributed by atoms with van der Waals surface area (Å²) < 4.78 is 20.6. The Balaban J connectivity index is 2.52. The molecule has 1 aliphatic rings. The molecular weight excluding hydrogens is 495 g/mol. The lowest BCUT2D eigenvalue weighted by Crippen LogP contribution is -2.34. The predicted octanol–water partition coefficient (Wildman–Crippen LogP) is 3.40. The summed E-state index contributed by atoms with van der Waals surface area (Å²) in [4.78, 5) is 24.4. The normalized spacial score (nSPS) is 30.9. The monoisotopic (exact) mass is 536 g/mol. The lowest BCUT2D eigenvalue weighted by molar-refractivity contribution is -0.112. The number of carbonyl (C=O) groups excluding carboxylic acids is 2. The van der Waals surface area contributed by atoms with Crippen LogP contribution in [-0.2, 0) is 16.0 Å². The van der Waals surface area contributed by atoms with Crippen LogP contribution in [0.2, 0.25) is 0 Å². The predicted molar refractivity (Wildman–Crippen MR) is 142 cm³/mol. The van der Waals surface area contributed by atoms with Gasteiger partial charge in [0.2, 0.25) is 0 Å². The molecule has 1 aliphatic heterocycles. The van der Waals surface area contributed by atoms with Crippen LogP contribution >= 0.6 is 0 Å². The minimum absolute atomic E-state index is 0.154. The molecule has 0 fully saturated rings. The SMILES string of the molecule is C/C1=C\CC[C@H](CO)[C@@H](OC(N)=O)/C(C)=C/[C@H](C)[C@@H](O)[C@@H](CO)C[C@H](C)Cc2cc(O)cc(c2F)NC1=O. The summed E-state index contributed by atoms with van der Waals surface area (Å²) >= 11 is 0. The van der Waals surface area contributed by atoms with E-state index in [1.54, 1.807) is 32.9 Å². The highest BCUT2D eigenvalue weighted by atomic mass is 19.1. The Bertz CT molecular complexity index is 1040. The first-order valence-corrected chi connectivity index (χ1v) is 12.9. The molecule has 6 atom stereocenters. The van der Waals surface area contributed by atoms with E-state index in [-0.39, 0.29) is 42.6 Å². The van der Waals surface area contributed by atoms with E-state index in [1.807, 2.05) is 6.92 Å². The number of anilines is 1. The molecule has 1 aromatic rings. The van der Waals surface area contributed by atoms with Crippen molar-refractivity contribution in [2.75, 3.05) is 18.5 Å². The number of amides is 2. The fourth-order valence-electron chi connectivity index (χ4n) is 5.09. The number of phenolic OH excluding ortho intramolecular Hbond substituents is 1. The topological polar surface area (TPSA) is 162 Å². The quantitative estimate of drug-likeness (QED) is 0.323. The zero-order valence-corrected chi connectivity index (χ0v) is 22.5. The summed E-state index contributed by atoms with van der Waals surface area (Å²) in [5.74, 6) is -3.13. The number of aliphatic hydroxyl groups is 3. The van der Waals surface area contributed by atoms with Gasteiger partial charge in [-0.25, -0.2) is 9.18 Å². The van der Waals surface area contributed by atoms with Crippen LogP contribution in [0.25, 0.3) is 0 Å². The molecule has 0 spiro atoms. The number of phenols is 1. The molecule has 10 heteroatoms. The summed E-state index contributed by atoms with van der Waals surface area (Å²) in [6.07, 6.45) is 1.78. The van der Waals surface area contributed by atoms with Crippen molar-refractivity contribution in [3.05, 3.63) is 46.8 Å². The van der Waals surface area contributed by atoms with E-state index in [1.165, 1.54) is 6.07 Å². The third kappa shape index (κ3) is 8.54. The summed E-state index contributed by atoms with van der Waals surface area (Å²) in [5.41, 5.74) is 6.24. The first-order valence-electron chi connectivity index (χ1n) is 12.9. The number of allylic oxidation sites excluding steroid dienone is 1. The van der Waals surface area contributed by atoms with Crippen LogP contribution in [0.15, 0.2) is 35.4 Å². The van der Waals surface area contributed by atoms with Gasteiger partial charge in [-0.1, -0.05) is 26.0 Å². The smallest absolute Gasteiger partial charge is 0.405 e. The molecule has 38 heavy (non-hydrogen) atoms. The number of ether oxygens (including phenoxy) is 1. The minimum Gasteiger partial charge on any atom is -0.508 e. The van der Waals surface area contributed by atoms with Gasteiger partial charge in [0, 0.05) is 42.6 Å². The number of nitrogens with one attached hydrogen (secondary N) is 1. The minimum atomic E-state index is -1.01. The second-order valence-electron chi connectivity index (χ2n) is 10.4. The van der Waals surface area contributed by atoms with Crippen molar-refractivity contribution in [2.45, 2.75) is 65.6 Å². The third-order valence-electron chi connectivity index (χ3n) is 7.14. The van der Waals surface area contributed by atoms with Gasteiger partial charge in [-0.3, -0.25) is 4.79 Å². The van der Waals surface area contributed by atoms with E-state index in [0.29, 0.717) is 30.4 Å². The van der Waals surface area contributed by atoms with Gasteiger partial charge >= 0.3 is 6.09 Å². The van der Waals surface area contributed by atoms with Crippen LogP contribution in [0.5, 0.6) is 5.75 Å². The van der Waals surface area contributed by atoms with Crippen LogP contribution in [0.4, 0.5) is 14.9 Å². The van der Waals surface area contributed by atoms with E-state index in [9.17, 15) is 30.0 Å². The molecule has 0 radical (unpaired) electrons. The Hall–Kier alpha value is -2.95. The number of primary amides is 1. The van der Waals surface area contributed by atoms with Crippen LogP contribution in [0.1, 0.15) is 52.5 Å². The molecule has 0 saturated heterocycles. The first-order chi connectivity index (χ1) is 17.9. The van der Waals surface area contributed by atoms with Gasteiger partial charge < -0.3 is 36.2 Å². The molecule has 0 unspecified atom stereocenters. The number of aromatic hydroxyl groups is 1. The lowest BCUT2D eigenvalue weighted by Gasteiger charge is -2.30. The Morgan fingerprint density at radius 3 is 2.45 bits per heavy atom. The zero-order chi connectivity index (χ0) is 28.6. The van der Waals surface area contributed by atoms with Crippen molar-refractivity contribution >= 4 is 17.7 Å². The van der Waals surface area contributed by atoms with Gasteiger partial charge in [-0.2, -0.15) is 0 Å². The van der Waals surface area contributed by atoms with E-state index in [2.05, 4.69) is 5.32 Å². The number of fused-ring (bicyclic) bond motifs is 2. The summed E-state index contributed by atoms with van der Waals surface area (Å²) in [5, 5.41) is 43.8. The van der Waals surface area contributed by atoms with E-state index < -0.39 is 47.8 Å². The average Bonchev–Trinajstić information content (AvgIpc) is 2.85. The second-order valence-corrected chi connectivity index (χ2v) is 10.4. The van der Waals surface area contributed by atoms with Crippen molar-refractivity contribution in [2.24, 2.45) is 29.4 Å². The molecule has 1 heterocycles. The number of hydrogen-bond acceptors (Lipinski definition) is 7. The van der Waals surface area contributed by atoms with Crippen LogP contribution < -0.4 is 11.1 Å². The molecule has 0 saturated carbocycles. The maximum Gasteiger partial charge on any atom is 0.405 e. The van der Waals surface area contributed by atoms with Crippen LogP contribution in [-0.4, -0.2) is 57.8 Å². The Kier molecular flexibility index (Phi) is 11.7. The van der Waals surface area contributed by atoms with Crippen molar-refractivity contribution in [1.82, 2.24) is 0 Å². The van der Waals surface area contributed by atoms with Gasteiger partial charge in [-0.05, 0) is 62.7 Å². The van der Waals surface area contributed by atoms with Gasteiger partial charge in [0.15, 0.2) is 0 Å². The summed E-state index contributed by atoms with van der Waals surface area (Å²) in [6, 6.07) is 2.45. The fraction of sp³-hybridized carbons (Fsp3) is 0.571. The number of nitrogens with two attached hydrogens (primary N) is 1. The first kappa shape index (κ1) is 31.3. The van der Waals surface area contributed by atoms with Gasteiger partial charge in [0.25, 0.3) is 5.91 Å². The second kappa shape index (κ2) is 14.3. The summed E-state index contributed by atoms with van der Waals surface area (Å²) in [7, 11) is 0. The highest BCUT2D eigenvalue weighted by molar-refractivity contribution is 6.03. The highest BCUT2D eigenvalue weighted by Gasteiger charge is 2.29. The number of halogens is 1. The van der Waals surface area contributed by atoms with E-state index in [4.69, 9.17) is 10.5 Å². The summed E-state index contributed by atoms with van der Waals surface area (Å²) in [6.45, 7) is 6.26. The van der Waals surface area contributed by atoms with E-state index >= 15 is 4.39 Å². The van der Waals surface area contributed by atoms with Gasteiger partial charge in [0.05, 0.1) is 11.8 Å². The standard InChI is InChI=1S/C28H41FN2O7/c1-15-8-20-11-22(34)12-23(24(20)29)31-27(36)16(2)6-5-7-19(13-32)26(38-28(30)37)18(4)10-17(3)25(35)21(9-15)14-33/h6,10-12,15,17,19,21,25-26,32-35H,5,7-9,13-14H2,1-4H3,(H2,30,37)(H,31,36)/b16-6+,18-10+/t15-,17+,19-,21-,25-,26+/m1/s1. The number of rotatable bonds is 3. The molecule has 0 aromatic heterocycles. The molecule has 7 N–H and O–H groups in total. The Morgan fingerprint density at radius 1 is 1.18 bits per heavy atom. The largest absolute Gasteiger partial charge is 0.508 e. The molecule has 212 valence electrons. The van der Waals surface area contributed by atoms with Crippen molar-refractivity contribution in [3.63, 3.8) is 0 Å². The van der Waals surface area contributed by atoms with Crippen molar-refractivity contribution < 1.29 is 39.1 Å². The highest BCUT2D eigenvalue weighted by Crippen LogP contribution is 2.31. The maximum atomic E-state index is 15.3. The molecule has 2 amide bonds. The number of aliphatic hydroxyl groups excluding tert-OH is 3. The molecule has 2 rings (SSSR count). The molecular formula is C28H41FN2O7. The molecule has 1 aromatic carbocycles. The third-order valence-corrected chi connectivity index (χ3v) is 7.14. The fourth-order valence-corrected chi connectivity index (χ4v) is 5.09. The molecule has 9 nitrogen and oxygen atoms in total. The lowest BCUT2D eigenvalue weighted by atomic mass is 9.82. The Morgan fingerprint density at radius 2 is 1.84 bits per heavy atom. The van der Waals surface area contributed by atoms with Crippen LogP contribution in [0.3, 0.4) is 0 Å². The number of carbonyl (C=O) groups is 2. The van der Waals surface area contributed by atoms with Crippen molar-refractivity contribution in [3.8, 4) is 5.75 Å². The Labute approximate surface area is 223 Å². The van der Waals surface area contributed by atoms with Gasteiger partial charge in [-0.15, -0.1) is 0 Å². The zero-order valence-electron chi connectivity index (χ0n) is 22.5. The molecule has 0 aliphatic carbocycles.